The number of rotatable bonds is 4. The van der Waals surface area contributed by atoms with E-state index < -0.39 is 10.0 Å². The lowest BCUT2D eigenvalue weighted by atomic mass is 10.4. The lowest BCUT2D eigenvalue weighted by Gasteiger charge is -2.02. The zero-order valence-corrected chi connectivity index (χ0v) is 9.31. The summed E-state index contributed by atoms with van der Waals surface area (Å²) in [5, 5.41) is 9.86. The van der Waals surface area contributed by atoms with Crippen molar-refractivity contribution in [2.24, 2.45) is 0 Å². The lowest BCUT2D eigenvalue weighted by Crippen LogP contribution is -2.22. The van der Waals surface area contributed by atoms with Crippen LogP contribution in [0.4, 0.5) is 0 Å². The SMILES string of the molecule is O=S(=O)(NCc1ccsc1)c1cn[nH]c1. The number of sulfonamides is 1. The molecule has 0 unspecified atom stereocenters. The fraction of sp³-hybridized carbons (Fsp3) is 0.125. The highest BCUT2D eigenvalue weighted by Gasteiger charge is 2.14. The van der Waals surface area contributed by atoms with Gasteiger partial charge in [-0.3, -0.25) is 5.10 Å². The fourth-order valence-corrected chi connectivity index (χ4v) is 2.63. The van der Waals surface area contributed by atoms with E-state index in [0.29, 0.717) is 6.54 Å². The van der Waals surface area contributed by atoms with Crippen LogP contribution in [0, 0.1) is 0 Å². The molecule has 0 fully saturated rings. The Labute approximate surface area is 91.2 Å². The third-order valence-corrected chi connectivity index (χ3v) is 3.93. The van der Waals surface area contributed by atoms with Crippen LogP contribution in [0.2, 0.25) is 0 Å². The van der Waals surface area contributed by atoms with Crippen molar-refractivity contribution in [1.82, 2.24) is 14.9 Å². The van der Waals surface area contributed by atoms with Crippen molar-refractivity contribution in [3.63, 3.8) is 0 Å². The molecule has 0 atom stereocenters. The molecule has 0 spiro atoms. The predicted octanol–water partition coefficient (Wildman–Crippen LogP) is 0.950. The Kier molecular flexibility index (Phi) is 2.85. The summed E-state index contributed by atoms with van der Waals surface area (Å²) in [7, 11) is -3.43. The first-order valence-corrected chi connectivity index (χ1v) is 6.60. The highest BCUT2D eigenvalue weighted by Crippen LogP contribution is 2.08. The Morgan fingerprint density at radius 3 is 3.00 bits per heavy atom. The Hall–Kier alpha value is -1.18. The topological polar surface area (TPSA) is 74.8 Å². The van der Waals surface area contributed by atoms with Gasteiger partial charge in [-0.2, -0.15) is 16.4 Å². The van der Waals surface area contributed by atoms with Gasteiger partial charge in [0.05, 0.1) is 6.20 Å². The van der Waals surface area contributed by atoms with Gasteiger partial charge in [0.25, 0.3) is 0 Å². The van der Waals surface area contributed by atoms with Crippen LogP contribution in [0.15, 0.2) is 34.1 Å². The molecule has 0 amide bonds. The van der Waals surface area contributed by atoms with Crippen LogP contribution in [-0.2, 0) is 16.6 Å². The minimum atomic E-state index is -3.43. The molecule has 15 heavy (non-hydrogen) atoms. The maximum absolute atomic E-state index is 11.6. The molecular formula is C8H9N3O2S2. The van der Waals surface area contributed by atoms with Crippen LogP contribution in [0.1, 0.15) is 5.56 Å². The van der Waals surface area contributed by atoms with Crippen LogP contribution in [0.25, 0.3) is 0 Å². The van der Waals surface area contributed by atoms with Gasteiger partial charge in [0.1, 0.15) is 4.90 Å². The summed E-state index contributed by atoms with van der Waals surface area (Å²) in [6.07, 6.45) is 2.62. The first-order chi connectivity index (χ1) is 7.18. The van der Waals surface area contributed by atoms with Gasteiger partial charge in [0.15, 0.2) is 0 Å². The van der Waals surface area contributed by atoms with E-state index in [0.717, 1.165) is 5.56 Å². The number of nitrogens with one attached hydrogen (secondary N) is 2. The molecule has 2 aromatic rings. The number of nitrogens with zero attached hydrogens (tertiary/aromatic N) is 1. The summed E-state index contributed by atoms with van der Waals surface area (Å²) >= 11 is 1.53. The van der Waals surface area contributed by atoms with Crippen molar-refractivity contribution in [1.29, 1.82) is 0 Å². The zero-order valence-electron chi connectivity index (χ0n) is 7.67. The molecular weight excluding hydrogens is 234 g/mol. The zero-order chi connectivity index (χ0) is 10.7. The molecule has 0 radical (unpaired) electrons. The molecule has 80 valence electrons. The lowest BCUT2D eigenvalue weighted by molar-refractivity contribution is 0.581. The standard InChI is InChI=1S/C8H9N3O2S2/c12-15(13,8-4-9-10-5-8)11-3-7-1-2-14-6-7/h1-2,4-6,11H,3H2,(H,9,10). The predicted molar refractivity (Wildman–Crippen MR) is 56.9 cm³/mol. The molecule has 0 aromatic carbocycles. The maximum atomic E-state index is 11.6. The molecule has 2 aromatic heterocycles. The van der Waals surface area contributed by atoms with E-state index in [1.807, 2.05) is 16.8 Å². The van der Waals surface area contributed by atoms with Crippen molar-refractivity contribution in [3.05, 3.63) is 34.8 Å². The van der Waals surface area contributed by atoms with Gasteiger partial charge in [-0.05, 0) is 22.4 Å². The average molecular weight is 243 g/mol. The van der Waals surface area contributed by atoms with E-state index >= 15 is 0 Å². The third-order valence-electron chi connectivity index (χ3n) is 1.83. The molecule has 2 N–H and O–H groups in total. The van der Waals surface area contributed by atoms with E-state index in [2.05, 4.69) is 14.9 Å². The fourth-order valence-electron chi connectivity index (χ4n) is 1.04. The summed E-state index contributed by atoms with van der Waals surface area (Å²) in [4.78, 5) is 0.151. The second-order valence-electron chi connectivity index (χ2n) is 2.89. The number of aromatic amines is 1. The van der Waals surface area contributed by atoms with Crippen LogP contribution in [0.3, 0.4) is 0 Å². The Balaban J connectivity index is 2.06. The average Bonchev–Trinajstić information content (AvgIpc) is 2.88. The first kappa shape index (κ1) is 10.3. The molecule has 5 nitrogen and oxygen atoms in total. The second kappa shape index (κ2) is 4.13. The summed E-state index contributed by atoms with van der Waals surface area (Å²) < 4.78 is 25.7. The van der Waals surface area contributed by atoms with Crippen LogP contribution >= 0.6 is 11.3 Å². The number of thiophene rings is 1. The molecule has 0 saturated heterocycles. The van der Waals surface area contributed by atoms with Gasteiger partial charge < -0.3 is 0 Å². The number of H-pyrrole nitrogens is 1. The monoisotopic (exact) mass is 243 g/mol. The third kappa shape index (κ3) is 2.44. The van der Waals surface area contributed by atoms with E-state index in [-0.39, 0.29) is 4.90 Å². The summed E-state index contributed by atoms with van der Waals surface area (Å²) in [6.45, 7) is 0.303. The molecule has 0 aliphatic heterocycles. The Bertz CT molecular complexity index is 502. The molecule has 2 rings (SSSR count). The molecule has 0 aliphatic rings. The van der Waals surface area contributed by atoms with Crippen molar-refractivity contribution in [2.75, 3.05) is 0 Å². The van der Waals surface area contributed by atoms with Gasteiger partial charge in [0, 0.05) is 12.7 Å². The highest BCUT2D eigenvalue weighted by atomic mass is 32.2. The molecule has 0 saturated carbocycles. The van der Waals surface area contributed by atoms with Gasteiger partial charge >= 0.3 is 0 Å². The van der Waals surface area contributed by atoms with E-state index in [1.54, 1.807) is 0 Å². The van der Waals surface area contributed by atoms with Crippen molar-refractivity contribution in [3.8, 4) is 0 Å². The largest absolute Gasteiger partial charge is 0.284 e. The Morgan fingerprint density at radius 2 is 2.40 bits per heavy atom. The maximum Gasteiger partial charge on any atom is 0.243 e. The highest BCUT2D eigenvalue weighted by molar-refractivity contribution is 7.89. The van der Waals surface area contributed by atoms with E-state index in [9.17, 15) is 8.42 Å². The number of hydrogen-bond acceptors (Lipinski definition) is 4. The minimum absolute atomic E-state index is 0.151. The minimum Gasteiger partial charge on any atom is -0.284 e. The van der Waals surface area contributed by atoms with Gasteiger partial charge in [-0.25, -0.2) is 13.1 Å². The second-order valence-corrected chi connectivity index (χ2v) is 5.44. The normalized spacial score (nSPS) is 11.7. The first-order valence-electron chi connectivity index (χ1n) is 4.18. The number of aromatic nitrogens is 2. The van der Waals surface area contributed by atoms with E-state index in [4.69, 9.17) is 0 Å². The molecule has 0 aliphatic carbocycles. The molecule has 2 heterocycles. The van der Waals surface area contributed by atoms with Gasteiger partial charge in [-0.1, -0.05) is 0 Å². The van der Waals surface area contributed by atoms with Crippen LogP contribution < -0.4 is 4.72 Å². The van der Waals surface area contributed by atoms with Crippen LogP contribution in [-0.4, -0.2) is 18.6 Å². The van der Waals surface area contributed by atoms with Gasteiger partial charge in [-0.15, -0.1) is 0 Å². The quantitative estimate of drug-likeness (QED) is 0.839. The molecule has 7 heteroatoms. The van der Waals surface area contributed by atoms with Crippen LogP contribution in [0.5, 0.6) is 0 Å². The van der Waals surface area contributed by atoms with Crippen molar-refractivity contribution in [2.45, 2.75) is 11.4 Å². The summed E-state index contributed by atoms with van der Waals surface area (Å²) in [5.74, 6) is 0. The number of hydrogen-bond donors (Lipinski definition) is 2. The molecule has 0 bridgehead atoms. The van der Waals surface area contributed by atoms with Crippen molar-refractivity contribution < 1.29 is 8.42 Å². The van der Waals surface area contributed by atoms with Gasteiger partial charge in [0.2, 0.25) is 10.0 Å². The summed E-state index contributed by atoms with van der Waals surface area (Å²) in [5.41, 5.74) is 0.951. The smallest absolute Gasteiger partial charge is 0.243 e. The van der Waals surface area contributed by atoms with E-state index in [1.165, 1.54) is 23.7 Å². The van der Waals surface area contributed by atoms with Crippen molar-refractivity contribution >= 4 is 21.4 Å². The Morgan fingerprint density at radius 1 is 1.53 bits per heavy atom. The summed E-state index contributed by atoms with van der Waals surface area (Å²) in [6, 6.07) is 1.88.